The van der Waals surface area contributed by atoms with Gasteiger partial charge in [-0.25, -0.2) is 8.78 Å². The molecule has 0 bridgehead atoms. The fourth-order valence-electron chi connectivity index (χ4n) is 1.54. The van der Waals surface area contributed by atoms with Crippen molar-refractivity contribution in [1.82, 2.24) is 0 Å². The van der Waals surface area contributed by atoms with E-state index in [1.165, 1.54) is 6.07 Å². The Hall–Kier alpha value is -0.935. The van der Waals surface area contributed by atoms with Gasteiger partial charge in [-0.05, 0) is 18.6 Å². The number of fused-ring (bicyclic) bond motifs is 1. The summed E-state index contributed by atoms with van der Waals surface area (Å²) in [6.45, 7) is 1.63. The first-order chi connectivity index (χ1) is 6.09. The summed E-state index contributed by atoms with van der Waals surface area (Å²) in [6, 6.07) is 1.92. The smallest absolute Gasteiger partial charge is 0.423 e. The minimum Gasteiger partial charge on any atom is -0.423 e. The minimum atomic E-state index is -1.27. The van der Waals surface area contributed by atoms with E-state index in [1.54, 1.807) is 6.92 Å². The molecule has 1 unspecified atom stereocenters. The average molecular weight is 184 g/mol. The SMILES string of the molecule is CC1OB(O)c2c(F)cc(F)cc21. The van der Waals surface area contributed by atoms with Crippen molar-refractivity contribution in [2.24, 2.45) is 0 Å². The summed E-state index contributed by atoms with van der Waals surface area (Å²) in [5, 5.41) is 9.24. The predicted molar refractivity (Wildman–Crippen MR) is 43.5 cm³/mol. The zero-order valence-electron chi connectivity index (χ0n) is 6.92. The monoisotopic (exact) mass is 184 g/mol. The largest absolute Gasteiger partial charge is 0.494 e. The van der Waals surface area contributed by atoms with E-state index in [2.05, 4.69) is 0 Å². The molecule has 0 amide bonds. The topological polar surface area (TPSA) is 29.5 Å². The number of halogens is 2. The van der Waals surface area contributed by atoms with Crippen LogP contribution >= 0.6 is 0 Å². The second-order valence-corrected chi connectivity index (χ2v) is 3.02. The van der Waals surface area contributed by atoms with Gasteiger partial charge in [0.15, 0.2) is 0 Å². The zero-order valence-corrected chi connectivity index (χ0v) is 6.92. The molecule has 1 aliphatic rings. The Morgan fingerprint density at radius 3 is 2.85 bits per heavy atom. The molecule has 13 heavy (non-hydrogen) atoms. The van der Waals surface area contributed by atoms with Crippen LogP contribution in [0.15, 0.2) is 12.1 Å². The minimum absolute atomic E-state index is 0.0499. The van der Waals surface area contributed by atoms with E-state index >= 15 is 0 Å². The van der Waals surface area contributed by atoms with Crippen LogP contribution in [0.25, 0.3) is 0 Å². The third kappa shape index (κ3) is 1.24. The molecule has 1 aromatic carbocycles. The Balaban J connectivity index is 2.63. The van der Waals surface area contributed by atoms with Crippen LogP contribution in [0, 0.1) is 11.6 Å². The predicted octanol–water partition coefficient (Wildman–Crippen LogP) is 0.744. The lowest BCUT2D eigenvalue weighted by molar-refractivity contribution is 0.208. The molecule has 1 atom stereocenters. The van der Waals surface area contributed by atoms with Crippen molar-refractivity contribution in [3.05, 3.63) is 29.3 Å². The second kappa shape index (κ2) is 2.78. The van der Waals surface area contributed by atoms with E-state index in [-0.39, 0.29) is 5.46 Å². The number of benzene rings is 1. The van der Waals surface area contributed by atoms with Gasteiger partial charge >= 0.3 is 7.12 Å². The van der Waals surface area contributed by atoms with Crippen LogP contribution in [0.3, 0.4) is 0 Å². The van der Waals surface area contributed by atoms with Crippen molar-refractivity contribution in [2.75, 3.05) is 0 Å². The Morgan fingerprint density at radius 2 is 2.15 bits per heavy atom. The molecule has 2 nitrogen and oxygen atoms in total. The van der Waals surface area contributed by atoms with Crippen molar-refractivity contribution in [1.29, 1.82) is 0 Å². The normalized spacial score (nSPS) is 20.6. The molecule has 0 radical (unpaired) electrons. The van der Waals surface area contributed by atoms with Crippen LogP contribution in [0.1, 0.15) is 18.6 Å². The molecule has 0 spiro atoms. The Kier molecular flexibility index (Phi) is 1.85. The van der Waals surface area contributed by atoms with Crippen LogP contribution in [0.5, 0.6) is 0 Å². The van der Waals surface area contributed by atoms with Crippen molar-refractivity contribution < 1.29 is 18.5 Å². The molecule has 0 fully saturated rings. The van der Waals surface area contributed by atoms with Crippen LogP contribution < -0.4 is 5.46 Å². The molecule has 5 heteroatoms. The van der Waals surface area contributed by atoms with Crippen molar-refractivity contribution in [2.45, 2.75) is 13.0 Å². The van der Waals surface area contributed by atoms with Gasteiger partial charge in [-0.3, -0.25) is 0 Å². The molecule has 1 aliphatic heterocycles. The Bertz CT molecular complexity index is 356. The van der Waals surface area contributed by atoms with E-state index in [0.717, 1.165) is 6.07 Å². The number of hydrogen-bond donors (Lipinski definition) is 1. The summed E-state index contributed by atoms with van der Waals surface area (Å²) in [5.41, 5.74) is 0.430. The van der Waals surface area contributed by atoms with Gasteiger partial charge in [-0.15, -0.1) is 0 Å². The summed E-state index contributed by atoms with van der Waals surface area (Å²) >= 11 is 0. The first kappa shape index (κ1) is 8.65. The van der Waals surface area contributed by atoms with E-state index < -0.39 is 24.9 Å². The molecule has 1 aromatic rings. The van der Waals surface area contributed by atoms with E-state index in [4.69, 9.17) is 4.65 Å². The third-order valence-corrected chi connectivity index (χ3v) is 2.14. The quantitative estimate of drug-likeness (QED) is 0.602. The van der Waals surface area contributed by atoms with Crippen LogP contribution in [0.4, 0.5) is 8.78 Å². The first-order valence-corrected chi connectivity index (χ1v) is 3.92. The van der Waals surface area contributed by atoms with Gasteiger partial charge in [0, 0.05) is 11.5 Å². The molecule has 0 saturated carbocycles. The highest BCUT2D eigenvalue weighted by Gasteiger charge is 2.35. The fourth-order valence-corrected chi connectivity index (χ4v) is 1.54. The van der Waals surface area contributed by atoms with E-state index in [9.17, 15) is 13.8 Å². The second-order valence-electron chi connectivity index (χ2n) is 3.02. The summed E-state index contributed by atoms with van der Waals surface area (Å²) in [4.78, 5) is 0. The Morgan fingerprint density at radius 1 is 1.46 bits per heavy atom. The molecule has 0 saturated heterocycles. The molecule has 0 aliphatic carbocycles. The molecular formula is C8H7BF2O2. The molecule has 68 valence electrons. The molecule has 1 N–H and O–H groups in total. The van der Waals surface area contributed by atoms with Gasteiger partial charge < -0.3 is 9.68 Å². The highest BCUT2D eigenvalue weighted by atomic mass is 19.1. The van der Waals surface area contributed by atoms with Crippen molar-refractivity contribution >= 4 is 12.6 Å². The number of hydrogen-bond acceptors (Lipinski definition) is 2. The lowest BCUT2D eigenvalue weighted by Gasteiger charge is -2.03. The highest BCUT2D eigenvalue weighted by molar-refractivity contribution is 6.61. The summed E-state index contributed by atoms with van der Waals surface area (Å²) in [7, 11) is -1.27. The fraction of sp³-hybridized carbons (Fsp3) is 0.250. The van der Waals surface area contributed by atoms with E-state index in [1.807, 2.05) is 0 Å². The maximum Gasteiger partial charge on any atom is 0.494 e. The van der Waals surface area contributed by atoms with Crippen LogP contribution in [0.2, 0.25) is 0 Å². The lowest BCUT2D eigenvalue weighted by atomic mass is 9.79. The summed E-state index contributed by atoms with van der Waals surface area (Å²) in [5.74, 6) is -1.41. The summed E-state index contributed by atoms with van der Waals surface area (Å²) < 4.78 is 30.8. The van der Waals surface area contributed by atoms with Gasteiger partial charge in [0.05, 0.1) is 6.10 Å². The van der Waals surface area contributed by atoms with Gasteiger partial charge in [-0.2, -0.15) is 0 Å². The standard InChI is InChI=1S/C8H7BF2O2/c1-4-6-2-5(10)3-7(11)8(6)9(12)13-4/h2-4,12H,1H3. The van der Waals surface area contributed by atoms with E-state index in [0.29, 0.717) is 5.56 Å². The van der Waals surface area contributed by atoms with Crippen LogP contribution in [-0.2, 0) is 4.65 Å². The van der Waals surface area contributed by atoms with Gasteiger partial charge in [0.2, 0.25) is 0 Å². The molecule has 0 aromatic heterocycles. The molecular weight excluding hydrogens is 177 g/mol. The summed E-state index contributed by atoms with van der Waals surface area (Å²) in [6.07, 6.45) is -0.463. The maximum absolute atomic E-state index is 13.1. The number of rotatable bonds is 0. The van der Waals surface area contributed by atoms with Gasteiger partial charge in [0.25, 0.3) is 0 Å². The zero-order chi connectivity index (χ0) is 9.59. The van der Waals surface area contributed by atoms with Crippen LogP contribution in [-0.4, -0.2) is 12.1 Å². The highest BCUT2D eigenvalue weighted by Crippen LogP contribution is 2.24. The third-order valence-electron chi connectivity index (χ3n) is 2.14. The van der Waals surface area contributed by atoms with Gasteiger partial charge in [-0.1, -0.05) is 0 Å². The van der Waals surface area contributed by atoms with Crippen molar-refractivity contribution in [3.8, 4) is 0 Å². The average Bonchev–Trinajstić information content (AvgIpc) is 2.27. The lowest BCUT2D eigenvalue weighted by Crippen LogP contribution is -2.31. The first-order valence-electron chi connectivity index (χ1n) is 3.92. The Labute approximate surface area is 74.3 Å². The van der Waals surface area contributed by atoms with Crippen molar-refractivity contribution in [3.63, 3.8) is 0 Å². The molecule has 1 heterocycles. The molecule has 2 rings (SSSR count). The van der Waals surface area contributed by atoms with Gasteiger partial charge in [0.1, 0.15) is 11.6 Å². The maximum atomic E-state index is 13.1.